The summed E-state index contributed by atoms with van der Waals surface area (Å²) in [5.41, 5.74) is 0.492. The van der Waals surface area contributed by atoms with Gasteiger partial charge < -0.3 is 5.32 Å². The van der Waals surface area contributed by atoms with Crippen LogP contribution in [0.15, 0.2) is 34.7 Å². The Morgan fingerprint density at radius 2 is 2.11 bits per heavy atom. The Hall–Kier alpha value is -1.20. The molecule has 0 radical (unpaired) electrons. The lowest BCUT2D eigenvalue weighted by atomic mass is 9.96. The molecule has 98 valence electrons. The number of nitrogens with one attached hydrogen (secondary N) is 1. The zero-order chi connectivity index (χ0) is 13.2. The molecule has 1 N–H and O–H groups in total. The largest absolute Gasteiger partial charge is 0.314 e. The fourth-order valence-corrected chi connectivity index (χ4v) is 3.70. The average Bonchev–Trinajstić information content (AvgIpc) is 2.35. The third-order valence-electron chi connectivity index (χ3n) is 3.23. The van der Waals surface area contributed by atoms with Crippen LogP contribution in [-0.2, 0) is 9.73 Å². The number of amides is 1. The van der Waals surface area contributed by atoms with Gasteiger partial charge in [0, 0.05) is 30.2 Å². The van der Waals surface area contributed by atoms with Gasteiger partial charge in [-0.2, -0.15) is 4.36 Å². The second-order valence-electron chi connectivity index (χ2n) is 4.85. The fraction of sp³-hybridized carbons (Fsp3) is 0.462. The molecule has 0 bridgehead atoms. The van der Waals surface area contributed by atoms with E-state index in [-0.39, 0.29) is 5.91 Å². The van der Waals surface area contributed by atoms with Crippen LogP contribution < -0.4 is 5.32 Å². The molecule has 3 atom stereocenters. The van der Waals surface area contributed by atoms with E-state index in [1.165, 1.54) is 0 Å². The Labute approximate surface area is 108 Å². The van der Waals surface area contributed by atoms with Gasteiger partial charge in [0.25, 0.3) is 5.91 Å². The molecule has 1 heterocycles. The Morgan fingerprint density at radius 1 is 1.44 bits per heavy atom. The lowest BCUT2D eigenvalue weighted by Crippen LogP contribution is -2.53. The van der Waals surface area contributed by atoms with Crippen molar-refractivity contribution in [1.82, 2.24) is 5.32 Å². The first-order valence-electron chi connectivity index (χ1n) is 6.00. The van der Waals surface area contributed by atoms with Gasteiger partial charge in [0.15, 0.2) is 0 Å². The van der Waals surface area contributed by atoms with Crippen molar-refractivity contribution in [3.8, 4) is 0 Å². The molecule has 4 nitrogen and oxygen atoms in total. The minimum atomic E-state index is -2.44. The van der Waals surface area contributed by atoms with Gasteiger partial charge in [-0.3, -0.25) is 4.79 Å². The monoisotopic (exact) mass is 266 g/mol. The summed E-state index contributed by atoms with van der Waals surface area (Å²) in [5.74, 6) is 0.456. The van der Waals surface area contributed by atoms with E-state index in [2.05, 4.69) is 16.6 Å². The van der Waals surface area contributed by atoms with E-state index in [9.17, 15) is 9.00 Å². The smallest absolute Gasteiger partial charge is 0.285 e. The highest BCUT2D eigenvalue weighted by Gasteiger charge is 2.28. The molecule has 1 aromatic carbocycles. The highest BCUT2D eigenvalue weighted by atomic mass is 32.2. The van der Waals surface area contributed by atoms with E-state index in [4.69, 9.17) is 0 Å². The Kier molecular flexibility index (Phi) is 3.82. The van der Waals surface area contributed by atoms with Crippen LogP contribution in [0.4, 0.5) is 0 Å². The average molecular weight is 266 g/mol. The summed E-state index contributed by atoms with van der Waals surface area (Å²) in [6.45, 7) is 2.92. The van der Waals surface area contributed by atoms with E-state index in [0.29, 0.717) is 23.3 Å². The van der Waals surface area contributed by atoms with Gasteiger partial charge in [-0.15, -0.1) is 0 Å². The van der Waals surface area contributed by atoms with Crippen molar-refractivity contribution in [2.45, 2.75) is 13.0 Å². The lowest BCUT2D eigenvalue weighted by molar-refractivity contribution is 0.100. The molecule has 0 saturated carbocycles. The maximum atomic E-state index is 12.3. The van der Waals surface area contributed by atoms with Crippen LogP contribution in [0.3, 0.4) is 0 Å². The number of hydrogen-bond donors (Lipinski definition) is 1. The Morgan fingerprint density at radius 3 is 2.61 bits per heavy atom. The van der Waals surface area contributed by atoms with E-state index in [1.807, 2.05) is 6.07 Å². The lowest BCUT2D eigenvalue weighted by Gasteiger charge is -2.35. The van der Waals surface area contributed by atoms with Crippen LogP contribution in [0.5, 0.6) is 0 Å². The number of carbonyl (C=O) groups is 1. The summed E-state index contributed by atoms with van der Waals surface area (Å²) in [6.07, 6.45) is 1.57. The molecule has 1 saturated heterocycles. The van der Waals surface area contributed by atoms with Crippen molar-refractivity contribution in [3.05, 3.63) is 35.9 Å². The molecule has 0 aliphatic carbocycles. The number of rotatable bonds is 3. The maximum absolute atomic E-state index is 12.3. The maximum Gasteiger partial charge on any atom is 0.285 e. The quantitative estimate of drug-likeness (QED) is 0.902. The van der Waals surface area contributed by atoms with Crippen molar-refractivity contribution in [3.63, 3.8) is 0 Å². The van der Waals surface area contributed by atoms with Crippen LogP contribution in [0, 0.1) is 5.92 Å². The second-order valence-corrected chi connectivity index (χ2v) is 7.28. The van der Waals surface area contributed by atoms with E-state index < -0.39 is 9.73 Å². The molecular weight excluding hydrogens is 248 g/mol. The SMILES string of the molecule is C[C@@H]1NC[C@H]1CS(C)(=O)=NC(=O)c1ccccc1. The summed E-state index contributed by atoms with van der Waals surface area (Å²) in [4.78, 5) is 11.9. The fourth-order valence-electron chi connectivity index (χ4n) is 1.97. The second kappa shape index (κ2) is 5.20. The Bertz CT molecular complexity index is 547. The van der Waals surface area contributed by atoms with Gasteiger partial charge in [0.05, 0.1) is 9.73 Å². The first kappa shape index (κ1) is 13.2. The molecule has 1 aliphatic heterocycles. The number of hydrogen-bond acceptors (Lipinski definition) is 3. The van der Waals surface area contributed by atoms with Gasteiger partial charge in [-0.05, 0) is 25.0 Å². The van der Waals surface area contributed by atoms with Crippen LogP contribution in [0.2, 0.25) is 0 Å². The zero-order valence-electron chi connectivity index (χ0n) is 10.6. The highest BCUT2D eigenvalue weighted by Crippen LogP contribution is 2.16. The summed E-state index contributed by atoms with van der Waals surface area (Å²) in [7, 11) is -2.44. The van der Waals surface area contributed by atoms with Crippen molar-refractivity contribution in [2.24, 2.45) is 10.3 Å². The van der Waals surface area contributed by atoms with Gasteiger partial charge in [0.2, 0.25) is 0 Å². The summed E-state index contributed by atoms with van der Waals surface area (Å²) in [5, 5.41) is 3.21. The molecule has 18 heavy (non-hydrogen) atoms. The number of carbonyl (C=O) groups excluding carboxylic acids is 1. The first-order valence-corrected chi connectivity index (χ1v) is 8.10. The highest BCUT2D eigenvalue weighted by molar-refractivity contribution is 7.93. The third-order valence-corrected chi connectivity index (χ3v) is 4.83. The molecule has 1 amide bonds. The third kappa shape index (κ3) is 3.17. The molecule has 0 aromatic heterocycles. The van der Waals surface area contributed by atoms with Crippen molar-refractivity contribution in [1.29, 1.82) is 0 Å². The summed E-state index contributed by atoms with van der Waals surface area (Å²) in [6, 6.07) is 9.13. The van der Waals surface area contributed by atoms with Gasteiger partial charge in [0.1, 0.15) is 0 Å². The van der Waals surface area contributed by atoms with Crippen molar-refractivity contribution in [2.75, 3.05) is 18.6 Å². The van der Waals surface area contributed by atoms with Crippen LogP contribution in [-0.4, -0.2) is 34.7 Å². The van der Waals surface area contributed by atoms with Crippen LogP contribution in [0.25, 0.3) is 0 Å². The molecule has 1 aliphatic rings. The van der Waals surface area contributed by atoms with Crippen molar-refractivity contribution < 1.29 is 9.00 Å². The summed E-state index contributed by atoms with van der Waals surface area (Å²) < 4.78 is 16.2. The predicted octanol–water partition coefficient (Wildman–Crippen LogP) is 1.53. The van der Waals surface area contributed by atoms with Gasteiger partial charge in [-0.25, -0.2) is 4.21 Å². The zero-order valence-corrected chi connectivity index (χ0v) is 11.4. The number of benzene rings is 1. The minimum Gasteiger partial charge on any atom is -0.314 e. The topological polar surface area (TPSA) is 58.5 Å². The molecule has 0 spiro atoms. The van der Waals surface area contributed by atoms with Crippen LogP contribution >= 0.6 is 0 Å². The molecule has 5 heteroatoms. The minimum absolute atomic E-state index is 0.356. The van der Waals surface area contributed by atoms with Gasteiger partial charge in [-0.1, -0.05) is 18.2 Å². The standard InChI is InChI=1S/C13H18N2O2S/c1-10-12(8-14-10)9-18(2,17)15-13(16)11-6-4-3-5-7-11/h3-7,10,12,14H,8-9H2,1-2H3/t10-,12-,18?/m0/s1. The van der Waals surface area contributed by atoms with E-state index in [1.54, 1.807) is 30.5 Å². The molecule has 1 unspecified atom stereocenters. The van der Waals surface area contributed by atoms with Crippen LogP contribution in [0.1, 0.15) is 17.3 Å². The van der Waals surface area contributed by atoms with Crippen molar-refractivity contribution >= 4 is 15.6 Å². The Balaban J connectivity index is 2.11. The number of nitrogens with zero attached hydrogens (tertiary/aromatic N) is 1. The first-order chi connectivity index (χ1) is 8.48. The molecule has 1 fully saturated rings. The molecule has 2 rings (SSSR count). The van der Waals surface area contributed by atoms with E-state index in [0.717, 1.165) is 6.54 Å². The summed E-state index contributed by atoms with van der Waals surface area (Å²) >= 11 is 0. The van der Waals surface area contributed by atoms with Gasteiger partial charge >= 0.3 is 0 Å². The molecular formula is C13H18N2O2S. The predicted molar refractivity (Wildman–Crippen MR) is 73.1 cm³/mol. The van der Waals surface area contributed by atoms with E-state index >= 15 is 0 Å². The molecule has 1 aromatic rings. The normalized spacial score (nSPS) is 25.9.